The highest BCUT2D eigenvalue weighted by molar-refractivity contribution is 8.00. The lowest BCUT2D eigenvalue weighted by Gasteiger charge is -2.25. The van der Waals surface area contributed by atoms with Crippen LogP contribution in [-0.4, -0.2) is 15.6 Å². The molecule has 2 fully saturated rings. The molecule has 4 atom stereocenters. The highest BCUT2D eigenvalue weighted by Crippen LogP contribution is 2.53. The Balaban J connectivity index is 1.71. The third-order valence-corrected chi connectivity index (χ3v) is 6.33. The number of hydrogen-bond donors (Lipinski definition) is 0. The minimum atomic E-state index is -0.365. The van der Waals surface area contributed by atoms with Crippen LogP contribution in [0.25, 0.3) is 0 Å². The summed E-state index contributed by atoms with van der Waals surface area (Å²) in [7, 11) is 0. The predicted molar refractivity (Wildman–Crippen MR) is 73.2 cm³/mol. The van der Waals surface area contributed by atoms with Crippen molar-refractivity contribution in [2.24, 2.45) is 11.8 Å². The zero-order valence-corrected chi connectivity index (χ0v) is 11.4. The van der Waals surface area contributed by atoms with E-state index in [4.69, 9.17) is 11.6 Å². The third-order valence-electron chi connectivity index (χ3n) is 4.06. The van der Waals surface area contributed by atoms with Crippen molar-refractivity contribution in [1.29, 1.82) is 0 Å². The molecule has 2 aliphatic carbocycles. The van der Waals surface area contributed by atoms with Crippen molar-refractivity contribution < 1.29 is 4.92 Å². The van der Waals surface area contributed by atoms with E-state index in [1.807, 2.05) is 12.1 Å². The van der Waals surface area contributed by atoms with E-state index in [1.165, 1.54) is 19.3 Å². The molecule has 2 aliphatic rings. The van der Waals surface area contributed by atoms with Gasteiger partial charge in [-0.3, -0.25) is 10.1 Å². The topological polar surface area (TPSA) is 43.1 Å². The smallest absolute Gasteiger partial charge is 0.258 e. The number of fused-ring (bicyclic) bond motifs is 2. The molecule has 0 N–H and O–H groups in total. The largest absolute Gasteiger partial charge is 0.269 e. The maximum absolute atomic E-state index is 10.6. The molecule has 1 aromatic rings. The molecule has 0 saturated heterocycles. The fraction of sp³-hybridized carbons (Fsp3) is 0.538. The van der Waals surface area contributed by atoms with Crippen molar-refractivity contribution in [2.45, 2.75) is 34.8 Å². The molecule has 0 aromatic heterocycles. The first kappa shape index (κ1) is 12.3. The quantitative estimate of drug-likeness (QED) is 0.477. The number of halogens is 1. The summed E-state index contributed by atoms with van der Waals surface area (Å²) in [6, 6.07) is 6.80. The maximum Gasteiger partial charge on any atom is 0.269 e. The van der Waals surface area contributed by atoms with E-state index >= 15 is 0 Å². The van der Waals surface area contributed by atoms with E-state index in [9.17, 15) is 10.1 Å². The first-order chi connectivity index (χ1) is 8.65. The number of hydrogen-bond acceptors (Lipinski definition) is 3. The van der Waals surface area contributed by atoms with Crippen molar-refractivity contribution in [1.82, 2.24) is 0 Å². The molecule has 0 amide bonds. The molecule has 1 aromatic carbocycles. The number of non-ortho nitro benzene ring substituents is 1. The van der Waals surface area contributed by atoms with E-state index in [2.05, 4.69) is 0 Å². The number of benzene rings is 1. The van der Waals surface area contributed by atoms with E-state index in [-0.39, 0.29) is 16.0 Å². The van der Waals surface area contributed by atoms with Gasteiger partial charge in [-0.05, 0) is 43.2 Å². The average Bonchev–Trinajstić information content (AvgIpc) is 2.94. The number of nitro benzene ring substituents is 1. The molecular formula is C13H14ClNO2S. The van der Waals surface area contributed by atoms with E-state index in [1.54, 1.807) is 23.9 Å². The standard InChI is InChI=1S/C13H14ClNO2S/c14-12-8-1-2-9(7-8)13(12)18-11-5-3-10(4-6-11)15(16)17/h3-6,8-9,12-13H,1-2,7H2/t8?,9?,12-,13?/m0/s1. The normalized spacial score (nSPS) is 33.8. The molecule has 3 unspecified atom stereocenters. The van der Waals surface area contributed by atoms with Gasteiger partial charge >= 0.3 is 0 Å². The summed E-state index contributed by atoms with van der Waals surface area (Å²) >= 11 is 8.27. The molecular weight excluding hydrogens is 270 g/mol. The van der Waals surface area contributed by atoms with Gasteiger partial charge in [-0.25, -0.2) is 0 Å². The Kier molecular flexibility index (Phi) is 3.24. The maximum atomic E-state index is 10.6. The van der Waals surface area contributed by atoms with Gasteiger partial charge in [-0.15, -0.1) is 23.4 Å². The van der Waals surface area contributed by atoms with Crippen molar-refractivity contribution in [3.63, 3.8) is 0 Å². The number of alkyl halides is 1. The van der Waals surface area contributed by atoms with Gasteiger partial charge < -0.3 is 0 Å². The average molecular weight is 284 g/mol. The Labute approximate surface area is 115 Å². The molecule has 18 heavy (non-hydrogen) atoms. The predicted octanol–water partition coefficient (Wildman–Crippen LogP) is 4.09. The van der Waals surface area contributed by atoms with Crippen LogP contribution in [0.2, 0.25) is 0 Å². The van der Waals surface area contributed by atoms with Gasteiger partial charge in [0.15, 0.2) is 0 Å². The summed E-state index contributed by atoms with van der Waals surface area (Å²) in [6.45, 7) is 0. The van der Waals surface area contributed by atoms with E-state index in [0.29, 0.717) is 11.2 Å². The van der Waals surface area contributed by atoms with Crippen LogP contribution >= 0.6 is 23.4 Å². The Hall–Kier alpha value is -0.740. The Bertz CT molecular complexity index is 463. The highest BCUT2D eigenvalue weighted by Gasteiger charge is 2.47. The van der Waals surface area contributed by atoms with Gasteiger partial charge in [0, 0.05) is 27.7 Å². The molecule has 0 spiro atoms. The summed E-state index contributed by atoms with van der Waals surface area (Å²) in [6.07, 6.45) is 3.83. The van der Waals surface area contributed by atoms with E-state index < -0.39 is 0 Å². The van der Waals surface area contributed by atoms with Crippen LogP contribution in [0.5, 0.6) is 0 Å². The number of nitro groups is 1. The second kappa shape index (κ2) is 4.74. The van der Waals surface area contributed by atoms with Crippen LogP contribution in [0.15, 0.2) is 29.2 Å². The van der Waals surface area contributed by atoms with Gasteiger partial charge in [0.1, 0.15) is 0 Å². The van der Waals surface area contributed by atoms with Crippen LogP contribution in [0, 0.1) is 22.0 Å². The Morgan fingerprint density at radius 2 is 1.89 bits per heavy atom. The zero-order valence-electron chi connectivity index (χ0n) is 9.79. The SMILES string of the molecule is O=[N+]([O-])c1ccc(SC2C3CCC(C3)[C@@H]2Cl)cc1. The summed E-state index contributed by atoms with van der Waals surface area (Å²) in [5.74, 6) is 1.42. The minimum absolute atomic E-state index is 0.148. The molecule has 96 valence electrons. The van der Waals surface area contributed by atoms with Gasteiger partial charge in [0.25, 0.3) is 5.69 Å². The lowest BCUT2D eigenvalue weighted by atomic mass is 10.00. The molecule has 0 radical (unpaired) electrons. The first-order valence-corrected chi connectivity index (χ1v) is 7.52. The lowest BCUT2D eigenvalue weighted by molar-refractivity contribution is -0.384. The van der Waals surface area contributed by atoms with Gasteiger partial charge in [-0.2, -0.15) is 0 Å². The number of rotatable bonds is 3. The fourth-order valence-corrected chi connectivity index (χ4v) is 5.12. The summed E-state index contributed by atoms with van der Waals surface area (Å²) < 4.78 is 0. The van der Waals surface area contributed by atoms with Crippen LogP contribution in [0.3, 0.4) is 0 Å². The molecule has 3 rings (SSSR count). The number of nitrogens with zero attached hydrogens (tertiary/aromatic N) is 1. The second-order valence-corrected chi connectivity index (χ2v) is 6.87. The summed E-state index contributed by atoms with van der Waals surface area (Å²) in [5.41, 5.74) is 0.148. The highest BCUT2D eigenvalue weighted by atomic mass is 35.5. The molecule has 5 heteroatoms. The second-order valence-electron chi connectivity index (χ2n) is 5.11. The summed E-state index contributed by atoms with van der Waals surface area (Å²) in [5, 5.41) is 11.3. The molecule has 0 aliphatic heterocycles. The first-order valence-electron chi connectivity index (χ1n) is 6.20. The molecule has 2 bridgehead atoms. The monoisotopic (exact) mass is 283 g/mol. The van der Waals surface area contributed by atoms with Crippen molar-refractivity contribution >= 4 is 29.1 Å². The van der Waals surface area contributed by atoms with E-state index in [0.717, 1.165) is 10.8 Å². The van der Waals surface area contributed by atoms with Gasteiger partial charge in [-0.1, -0.05) is 0 Å². The number of thioether (sulfide) groups is 1. The van der Waals surface area contributed by atoms with Crippen molar-refractivity contribution in [3.05, 3.63) is 34.4 Å². The lowest BCUT2D eigenvalue weighted by Crippen LogP contribution is -2.24. The minimum Gasteiger partial charge on any atom is -0.258 e. The molecule has 0 heterocycles. The van der Waals surface area contributed by atoms with Gasteiger partial charge in [0.05, 0.1) is 4.92 Å². The van der Waals surface area contributed by atoms with Crippen molar-refractivity contribution in [2.75, 3.05) is 0 Å². The Morgan fingerprint density at radius 1 is 1.22 bits per heavy atom. The van der Waals surface area contributed by atoms with Crippen LogP contribution < -0.4 is 0 Å². The van der Waals surface area contributed by atoms with Gasteiger partial charge in [0.2, 0.25) is 0 Å². The van der Waals surface area contributed by atoms with Crippen molar-refractivity contribution in [3.8, 4) is 0 Å². The van der Waals surface area contributed by atoms with Crippen LogP contribution in [0.4, 0.5) is 5.69 Å². The fourth-order valence-electron chi connectivity index (χ4n) is 3.13. The molecule has 2 saturated carbocycles. The molecule has 3 nitrogen and oxygen atoms in total. The Morgan fingerprint density at radius 3 is 2.44 bits per heavy atom. The van der Waals surface area contributed by atoms with Crippen LogP contribution in [-0.2, 0) is 0 Å². The van der Waals surface area contributed by atoms with Crippen LogP contribution in [0.1, 0.15) is 19.3 Å². The zero-order chi connectivity index (χ0) is 12.7. The third kappa shape index (κ3) is 2.12. The summed E-state index contributed by atoms with van der Waals surface area (Å²) in [4.78, 5) is 11.3.